The van der Waals surface area contributed by atoms with E-state index >= 15 is 0 Å². The van der Waals surface area contributed by atoms with Gasteiger partial charge in [-0.25, -0.2) is 4.99 Å². The molecular formula is C25H34N4O2. The second-order valence-electron chi connectivity index (χ2n) is 7.64. The summed E-state index contributed by atoms with van der Waals surface area (Å²) < 4.78 is 5.70. The van der Waals surface area contributed by atoms with Crippen LogP contribution in [-0.4, -0.2) is 43.0 Å². The lowest BCUT2D eigenvalue weighted by Gasteiger charge is -2.26. The number of guanidine groups is 1. The summed E-state index contributed by atoms with van der Waals surface area (Å²) >= 11 is 0. The Labute approximate surface area is 185 Å². The number of para-hydroxylation sites is 1. The summed E-state index contributed by atoms with van der Waals surface area (Å²) in [6.45, 7) is 8.37. The summed E-state index contributed by atoms with van der Waals surface area (Å²) in [7, 11) is 0. The van der Waals surface area contributed by atoms with Gasteiger partial charge in [0.2, 0.25) is 0 Å². The molecule has 2 aromatic carbocycles. The van der Waals surface area contributed by atoms with Crippen molar-refractivity contribution in [1.29, 1.82) is 0 Å². The normalized spacial score (nSPS) is 14.3. The van der Waals surface area contributed by atoms with Crippen LogP contribution in [0.5, 0.6) is 5.75 Å². The molecule has 0 aliphatic carbocycles. The third-order valence-electron chi connectivity index (χ3n) is 5.33. The van der Waals surface area contributed by atoms with Gasteiger partial charge in [0.25, 0.3) is 5.91 Å². The summed E-state index contributed by atoms with van der Waals surface area (Å²) in [5.74, 6) is 1.78. The lowest BCUT2D eigenvalue weighted by Crippen LogP contribution is -2.36. The average Bonchev–Trinajstić information content (AvgIpc) is 2.82. The molecular weight excluding hydrogens is 388 g/mol. The van der Waals surface area contributed by atoms with Gasteiger partial charge in [0.05, 0.1) is 13.2 Å². The molecule has 1 fully saturated rings. The van der Waals surface area contributed by atoms with E-state index in [1.54, 1.807) is 0 Å². The highest BCUT2D eigenvalue weighted by atomic mass is 16.5. The largest absolute Gasteiger partial charge is 0.494 e. The molecule has 6 heteroatoms. The predicted molar refractivity (Wildman–Crippen MR) is 125 cm³/mol. The average molecular weight is 423 g/mol. The second kappa shape index (κ2) is 12.0. The summed E-state index contributed by atoms with van der Waals surface area (Å²) in [6.07, 6.45) is 3.43. The molecule has 0 saturated carbocycles. The molecule has 0 unspecified atom stereocenters. The third-order valence-corrected chi connectivity index (χ3v) is 5.33. The Bertz CT molecular complexity index is 858. The van der Waals surface area contributed by atoms with Gasteiger partial charge in [-0.15, -0.1) is 0 Å². The molecule has 0 spiro atoms. The fourth-order valence-corrected chi connectivity index (χ4v) is 3.67. The number of rotatable bonds is 8. The molecule has 31 heavy (non-hydrogen) atoms. The van der Waals surface area contributed by atoms with Crippen molar-refractivity contribution in [3.63, 3.8) is 0 Å². The van der Waals surface area contributed by atoms with Crippen LogP contribution in [-0.2, 0) is 13.1 Å². The van der Waals surface area contributed by atoms with E-state index in [0.717, 1.165) is 60.9 Å². The van der Waals surface area contributed by atoms with E-state index in [-0.39, 0.29) is 5.91 Å². The summed E-state index contributed by atoms with van der Waals surface area (Å²) in [6, 6.07) is 15.9. The second-order valence-corrected chi connectivity index (χ2v) is 7.64. The van der Waals surface area contributed by atoms with Crippen LogP contribution in [0.15, 0.2) is 53.5 Å². The number of amides is 1. The summed E-state index contributed by atoms with van der Waals surface area (Å²) in [4.78, 5) is 19.3. The number of aliphatic imine (C=N–C) groups is 1. The van der Waals surface area contributed by atoms with Crippen LogP contribution in [0.4, 0.5) is 0 Å². The van der Waals surface area contributed by atoms with E-state index in [2.05, 4.69) is 16.7 Å². The van der Waals surface area contributed by atoms with Gasteiger partial charge in [0.15, 0.2) is 5.96 Å². The number of piperidine rings is 1. The topological polar surface area (TPSA) is 66.0 Å². The molecule has 3 rings (SSSR count). The Morgan fingerprint density at radius 1 is 1.00 bits per heavy atom. The maximum Gasteiger partial charge on any atom is 0.253 e. The van der Waals surface area contributed by atoms with Crippen LogP contribution in [0.2, 0.25) is 0 Å². The summed E-state index contributed by atoms with van der Waals surface area (Å²) in [5.41, 5.74) is 2.92. The molecule has 0 atom stereocenters. The van der Waals surface area contributed by atoms with E-state index in [0.29, 0.717) is 19.7 Å². The standard InChI is InChI=1S/C25H34N4O2/c1-3-26-25(28-19-22-10-6-7-11-23(22)31-4-2)27-18-20-12-14-21(15-13-20)24(30)29-16-8-5-9-17-29/h6-7,10-15H,3-5,8-9,16-19H2,1-2H3,(H2,26,27,28). The molecule has 0 bridgehead atoms. The molecule has 2 aromatic rings. The smallest absolute Gasteiger partial charge is 0.253 e. The van der Waals surface area contributed by atoms with Gasteiger partial charge in [-0.2, -0.15) is 0 Å². The Hall–Kier alpha value is -3.02. The first-order valence-electron chi connectivity index (χ1n) is 11.3. The maximum absolute atomic E-state index is 12.6. The van der Waals surface area contributed by atoms with Gasteiger partial charge < -0.3 is 20.3 Å². The number of likely N-dealkylation sites (tertiary alicyclic amines) is 1. The minimum Gasteiger partial charge on any atom is -0.494 e. The maximum atomic E-state index is 12.6. The number of hydrogen-bond acceptors (Lipinski definition) is 3. The number of carbonyl (C=O) groups is 1. The lowest BCUT2D eigenvalue weighted by atomic mass is 10.1. The molecule has 1 aliphatic rings. The number of nitrogens with zero attached hydrogens (tertiary/aromatic N) is 2. The van der Waals surface area contributed by atoms with Gasteiger partial charge in [-0.1, -0.05) is 30.3 Å². The molecule has 1 heterocycles. The highest BCUT2D eigenvalue weighted by Gasteiger charge is 2.17. The SMILES string of the molecule is CCNC(=NCc1ccc(C(=O)N2CCCCC2)cc1)NCc1ccccc1OCC. The number of ether oxygens (including phenoxy) is 1. The van der Waals surface area contributed by atoms with Crippen molar-refractivity contribution < 1.29 is 9.53 Å². The van der Waals surface area contributed by atoms with Crippen molar-refractivity contribution in [2.45, 2.75) is 46.2 Å². The summed E-state index contributed by atoms with van der Waals surface area (Å²) in [5, 5.41) is 6.66. The molecule has 6 nitrogen and oxygen atoms in total. The number of benzene rings is 2. The fraction of sp³-hybridized carbons (Fsp3) is 0.440. The van der Waals surface area contributed by atoms with Gasteiger partial charge >= 0.3 is 0 Å². The first kappa shape index (κ1) is 22.7. The lowest BCUT2D eigenvalue weighted by molar-refractivity contribution is 0.0724. The minimum atomic E-state index is 0.137. The zero-order chi connectivity index (χ0) is 21.9. The number of hydrogen-bond donors (Lipinski definition) is 2. The fourth-order valence-electron chi connectivity index (χ4n) is 3.67. The number of carbonyl (C=O) groups excluding carboxylic acids is 1. The van der Waals surface area contributed by atoms with E-state index in [4.69, 9.17) is 9.73 Å². The van der Waals surface area contributed by atoms with E-state index < -0.39 is 0 Å². The monoisotopic (exact) mass is 422 g/mol. The Morgan fingerprint density at radius 3 is 2.45 bits per heavy atom. The molecule has 1 aliphatic heterocycles. The van der Waals surface area contributed by atoms with Crippen molar-refractivity contribution in [3.05, 3.63) is 65.2 Å². The predicted octanol–water partition coefficient (Wildman–Crippen LogP) is 3.97. The number of nitrogens with one attached hydrogen (secondary N) is 2. The van der Waals surface area contributed by atoms with Crippen LogP contribution >= 0.6 is 0 Å². The third kappa shape index (κ3) is 6.74. The zero-order valence-corrected chi connectivity index (χ0v) is 18.7. The van der Waals surface area contributed by atoms with Gasteiger partial charge in [-0.3, -0.25) is 4.79 Å². The van der Waals surface area contributed by atoms with Gasteiger partial charge in [0.1, 0.15) is 5.75 Å². The highest BCUT2D eigenvalue weighted by molar-refractivity contribution is 5.94. The Kier molecular flexibility index (Phi) is 8.76. The van der Waals surface area contributed by atoms with Crippen LogP contribution < -0.4 is 15.4 Å². The first-order valence-corrected chi connectivity index (χ1v) is 11.3. The molecule has 2 N–H and O–H groups in total. The zero-order valence-electron chi connectivity index (χ0n) is 18.7. The van der Waals surface area contributed by atoms with E-state index in [1.807, 2.05) is 61.2 Å². The van der Waals surface area contributed by atoms with Gasteiger partial charge in [-0.05, 0) is 56.9 Å². The van der Waals surface area contributed by atoms with Crippen LogP contribution in [0.3, 0.4) is 0 Å². The molecule has 0 aromatic heterocycles. The van der Waals surface area contributed by atoms with E-state index in [9.17, 15) is 4.79 Å². The molecule has 1 amide bonds. The molecule has 0 radical (unpaired) electrons. The van der Waals surface area contributed by atoms with Crippen LogP contribution in [0, 0.1) is 0 Å². The van der Waals surface area contributed by atoms with Crippen LogP contribution in [0.1, 0.15) is 54.6 Å². The highest BCUT2D eigenvalue weighted by Crippen LogP contribution is 2.17. The molecule has 166 valence electrons. The minimum absolute atomic E-state index is 0.137. The van der Waals surface area contributed by atoms with Crippen molar-refractivity contribution in [1.82, 2.24) is 15.5 Å². The first-order chi connectivity index (χ1) is 15.2. The quantitative estimate of drug-likeness (QED) is 0.499. The molecule has 1 saturated heterocycles. The van der Waals surface area contributed by atoms with Crippen LogP contribution in [0.25, 0.3) is 0 Å². The van der Waals surface area contributed by atoms with Crippen molar-refractivity contribution >= 4 is 11.9 Å². The Balaban J connectivity index is 1.59. The van der Waals surface area contributed by atoms with E-state index in [1.165, 1.54) is 6.42 Å². The van der Waals surface area contributed by atoms with Crippen molar-refractivity contribution in [3.8, 4) is 5.75 Å². The van der Waals surface area contributed by atoms with Crippen molar-refractivity contribution in [2.24, 2.45) is 4.99 Å². The van der Waals surface area contributed by atoms with Gasteiger partial charge in [0, 0.05) is 37.3 Å². The Morgan fingerprint density at radius 2 is 1.74 bits per heavy atom. The van der Waals surface area contributed by atoms with Crippen molar-refractivity contribution in [2.75, 3.05) is 26.2 Å².